The van der Waals surface area contributed by atoms with Crippen LogP contribution < -0.4 is 4.74 Å². The highest BCUT2D eigenvalue weighted by molar-refractivity contribution is 6.11. The molecule has 0 atom stereocenters. The van der Waals surface area contributed by atoms with Gasteiger partial charge in [-0.3, -0.25) is 9.78 Å². The van der Waals surface area contributed by atoms with Crippen LogP contribution in [0, 0.1) is 6.92 Å². The van der Waals surface area contributed by atoms with Crippen molar-refractivity contribution in [3.8, 4) is 5.75 Å². The van der Waals surface area contributed by atoms with Gasteiger partial charge >= 0.3 is 0 Å². The monoisotopic (exact) mass is 241 g/mol. The zero-order valence-corrected chi connectivity index (χ0v) is 10.5. The van der Waals surface area contributed by atoms with Crippen LogP contribution in [0.15, 0.2) is 42.7 Å². The van der Waals surface area contributed by atoms with Gasteiger partial charge in [0.1, 0.15) is 5.75 Å². The van der Waals surface area contributed by atoms with E-state index in [1.54, 1.807) is 18.5 Å². The summed E-state index contributed by atoms with van der Waals surface area (Å²) in [5.74, 6) is 0.568. The summed E-state index contributed by atoms with van der Waals surface area (Å²) in [4.78, 5) is 16.4. The predicted octanol–water partition coefficient (Wildman–Crippen LogP) is 3.02. The number of hydrogen-bond donors (Lipinski definition) is 0. The minimum atomic E-state index is -0.0512. The predicted molar refractivity (Wildman–Crippen MR) is 70.0 cm³/mol. The molecule has 1 aromatic heterocycles. The molecule has 3 heteroatoms. The van der Waals surface area contributed by atoms with E-state index in [1.165, 1.54) is 0 Å². The number of aryl methyl sites for hydroxylation is 1. The first-order chi connectivity index (χ1) is 8.74. The molecule has 0 aliphatic heterocycles. The Morgan fingerprint density at radius 1 is 1.22 bits per heavy atom. The lowest BCUT2D eigenvalue weighted by atomic mass is 10.0. The molecular formula is C15H15NO2. The first kappa shape index (κ1) is 12.3. The van der Waals surface area contributed by atoms with E-state index in [2.05, 4.69) is 4.98 Å². The van der Waals surface area contributed by atoms with Gasteiger partial charge in [0.15, 0.2) is 5.78 Å². The first-order valence-corrected chi connectivity index (χ1v) is 5.91. The minimum Gasteiger partial charge on any atom is -0.493 e. The van der Waals surface area contributed by atoms with Crippen LogP contribution >= 0.6 is 0 Å². The van der Waals surface area contributed by atoms with Crippen LogP contribution in [-0.2, 0) is 0 Å². The maximum absolute atomic E-state index is 12.4. The summed E-state index contributed by atoms with van der Waals surface area (Å²) < 4.78 is 5.48. The van der Waals surface area contributed by atoms with Gasteiger partial charge in [-0.2, -0.15) is 0 Å². The Balaban J connectivity index is 2.43. The van der Waals surface area contributed by atoms with Crippen LogP contribution in [0.5, 0.6) is 5.75 Å². The average molecular weight is 241 g/mol. The highest BCUT2D eigenvalue weighted by Gasteiger charge is 2.15. The van der Waals surface area contributed by atoms with E-state index >= 15 is 0 Å². The largest absolute Gasteiger partial charge is 0.493 e. The topological polar surface area (TPSA) is 39.2 Å². The molecule has 0 aliphatic carbocycles. The number of para-hydroxylation sites is 1. The van der Waals surface area contributed by atoms with Gasteiger partial charge < -0.3 is 4.74 Å². The SMILES string of the molecule is CCOc1ccccc1C(=O)c1cnccc1C. The normalized spacial score (nSPS) is 10.1. The second-order valence-electron chi connectivity index (χ2n) is 3.95. The van der Waals surface area contributed by atoms with Crippen LogP contribution in [0.25, 0.3) is 0 Å². The standard InChI is InChI=1S/C15H15NO2/c1-3-18-14-7-5-4-6-12(14)15(17)13-10-16-9-8-11(13)2/h4-10H,3H2,1-2H3. The average Bonchev–Trinajstić information content (AvgIpc) is 2.40. The van der Waals surface area contributed by atoms with E-state index in [0.717, 1.165) is 5.56 Å². The molecule has 3 nitrogen and oxygen atoms in total. The molecule has 0 radical (unpaired) electrons. The molecule has 0 unspecified atom stereocenters. The summed E-state index contributed by atoms with van der Waals surface area (Å²) >= 11 is 0. The van der Waals surface area contributed by atoms with E-state index in [0.29, 0.717) is 23.5 Å². The summed E-state index contributed by atoms with van der Waals surface area (Å²) in [7, 11) is 0. The molecule has 18 heavy (non-hydrogen) atoms. The Bertz CT molecular complexity index is 564. The highest BCUT2D eigenvalue weighted by atomic mass is 16.5. The quantitative estimate of drug-likeness (QED) is 0.772. The Morgan fingerprint density at radius 3 is 2.72 bits per heavy atom. The van der Waals surface area contributed by atoms with E-state index in [-0.39, 0.29) is 5.78 Å². The third-order valence-electron chi connectivity index (χ3n) is 2.72. The van der Waals surface area contributed by atoms with Crippen molar-refractivity contribution in [2.24, 2.45) is 0 Å². The zero-order valence-electron chi connectivity index (χ0n) is 10.5. The Kier molecular flexibility index (Phi) is 3.72. The lowest BCUT2D eigenvalue weighted by Crippen LogP contribution is -2.07. The van der Waals surface area contributed by atoms with Crippen molar-refractivity contribution in [3.05, 3.63) is 59.4 Å². The second kappa shape index (κ2) is 5.45. The number of nitrogens with zero attached hydrogens (tertiary/aromatic N) is 1. The fourth-order valence-corrected chi connectivity index (χ4v) is 1.78. The molecule has 0 saturated heterocycles. The van der Waals surface area contributed by atoms with Crippen LogP contribution in [0.3, 0.4) is 0 Å². The highest BCUT2D eigenvalue weighted by Crippen LogP contribution is 2.22. The number of benzene rings is 1. The van der Waals surface area contributed by atoms with Gasteiger partial charge in [-0.25, -0.2) is 0 Å². The van der Waals surface area contributed by atoms with E-state index < -0.39 is 0 Å². The number of carbonyl (C=O) groups is 1. The van der Waals surface area contributed by atoms with Gasteiger partial charge in [-0.15, -0.1) is 0 Å². The maximum atomic E-state index is 12.4. The third kappa shape index (κ3) is 2.40. The molecule has 0 fully saturated rings. The van der Waals surface area contributed by atoms with E-state index in [1.807, 2.05) is 38.1 Å². The molecule has 2 aromatic rings. The molecule has 0 spiro atoms. The lowest BCUT2D eigenvalue weighted by molar-refractivity contribution is 0.103. The van der Waals surface area contributed by atoms with Crippen molar-refractivity contribution in [2.75, 3.05) is 6.61 Å². The Hall–Kier alpha value is -2.16. The van der Waals surface area contributed by atoms with Crippen molar-refractivity contribution < 1.29 is 9.53 Å². The van der Waals surface area contributed by atoms with Gasteiger partial charge in [0.05, 0.1) is 12.2 Å². The number of rotatable bonds is 4. The molecule has 0 saturated carbocycles. The molecule has 92 valence electrons. The van der Waals surface area contributed by atoms with Crippen molar-refractivity contribution >= 4 is 5.78 Å². The summed E-state index contributed by atoms with van der Waals surface area (Å²) in [6, 6.07) is 9.11. The molecular weight excluding hydrogens is 226 g/mol. The maximum Gasteiger partial charge on any atom is 0.198 e. The van der Waals surface area contributed by atoms with Gasteiger partial charge in [0.2, 0.25) is 0 Å². The third-order valence-corrected chi connectivity index (χ3v) is 2.72. The molecule has 0 aliphatic rings. The molecule has 0 bridgehead atoms. The second-order valence-corrected chi connectivity index (χ2v) is 3.95. The Labute approximate surface area is 106 Å². The number of aromatic nitrogens is 1. The fraction of sp³-hybridized carbons (Fsp3) is 0.200. The lowest BCUT2D eigenvalue weighted by Gasteiger charge is -2.10. The van der Waals surface area contributed by atoms with Crippen LogP contribution in [0.4, 0.5) is 0 Å². The molecule has 1 aromatic carbocycles. The Morgan fingerprint density at radius 2 is 2.00 bits per heavy atom. The molecule has 1 heterocycles. The van der Waals surface area contributed by atoms with Gasteiger partial charge in [-0.1, -0.05) is 12.1 Å². The van der Waals surface area contributed by atoms with Crippen molar-refractivity contribution in [1.82, 2.24) is 4.98 Å². The van der Waals surface area contributed by atoms with Gasteiger partial charge in [0, 0.05) is 18.0 Å². The van der Waals surface area contributed by atoms with Crippen molar-refractivity contribution in [1.29, 1.82) is 0 Å². The van der Waals surface area contributed by atoms with E-state index in [9.17, 15) is 4.79 Å². The summed E-state index contributed by atoms with van der Waals surface area (Å²) in [5, 5.41) is 0. The smallest absolute Gasteiger partial charge is 0.198 e. The number of carbonyl (C=O) groups excluding carboxylic acids is 1. The summed E-state index contributed by atoms with van der Waals surface area (Å²) in [6.07, 6.45) is 3.28. The number of ketones is 1. The number of hydrogen-bond acceptors (Lipinski definition) is 3. The van der Waals surface area contributed by atoms with Crippen molar-refractivity contribution in [2.45, 2.75) is 13.8 Å². The fourth-order valence-electron chi connectivity index (χ4n) is 1.78. The van der Waals surface area contributed by atoms with Crippen LogP contribution in [0.2, 0.25) is 0 Å². The zero-order chi connectivity index (χ0) is 13.0. The molecule has 0 N–H and O–H groups in total. The van der Waals surface area contributed by atoms with E-state index in [4.69, 9.17) is 4.74 Å². The van der Waals surface area contributed by atoms with Crippen LogP contribution in [-0.4, -0.2) is 17.4 Å². The first-order valence-electron chi connectivity index (χ1n) is 5.91. The number of ether oxygens (including phenoxy) is 1. The number of pyridine rings is 1. The van der Waals surface area contributed by atoms with Crippen molar-refractivity contribution in [3.63, 3.8) is 0 Å². The molecule has 0 amide bonds. The minimum absolute atomic E-state index is 0.0512. The summed E-state index contributed by atoms with van der Waals surface area (Å²) in [5.41, 5.74) is 2.11. The van der Waals surface area contributed by atoms with Crippen LogP contribution in [0.1, 0.15) is 28.4 Å². The van der Waals surface area contributed by atoms with Gasteiger partial charge in [-0.05, 0) is 37.6 Å². The van der Waals surface area contributed by atoms with Gasteiger partial charge in [0.25, 0.3) is 0 Å². The molecule has 2 rings (SSSR count). The summed E-state index contributed by atoms with van der Waals surface area (Å²) in [6.45, 7) is 4.34.